The van der Waals surface area contributed by atoms with Crippen molar-refractivity contribution >= 4 is 11.3 Å². The third-order valence-electron chi connectivity index (χ3n) is 2.65. The molecule has 0 bridgehead atoms. The summed E-state index contributed by atoms with van der Waals surface area (Å²) >= 11 is 1.56. The van der Waals surface area contributed by atoms with E-state index in [0.29, 0.717) is 0 Å². The maximum atomic E-state index is 10.0. The van der Waals surface area contributed by atoms with E-state index in [1.54, 1.807) is 25.2 Å². The van der Waals surface area contributed by atoms with Gasteiger partial charge in [0.25, 0.3) is 0 Å². The Kier molecular flexibility index (Phi) is 3.06. The van der Waals surface area contributed by atoms with Crippen LogP contribution in [0.4, 0.5) is 0 Å². The van der Waals surface area contributed by atoms with E-state index >= 15 is 0 Å². The zero-order chi connectivity index (χ0) is 12.6. The maximum Gasteiger partial charge on any atom is 0.123 e. The number of aliphatic hydroxyl groups is 1. The van der Waals surface area contributed by atoms with E-state index in [0.717, 1.165) is 21.1 Å². The van der Waals surface area contributed by atoms with Crippen LogP contribution < -0.4 is 0 Å². The maximum absolute atomic E-state index is 10.0. The third kappa shape index (κ3) is 2.56. The van der Waals surface area contributed by atoms with Crippen LogP contribution in [-0.4, -0.2) is 10.1 Å². The van der Waals surface area contributed by atoms with Gasteiger partial charge in [-0.2, -0.15) is 0 Å². The zero-order valence-electron chi connectivity index (χ0n) is 10.6. The Bertz CT molecular complexity index is 520. The van der Waals surface area contributed by atoms with Crippen molar-refractivity contribution < 1.29 is 5.11 Å². The van der Waals surface area contributed by atoms with Crippen LogP contribution in [-0.2, 0) is 5.60 Å². The molecule has 1 N–H and O–H groups in total. The average molecular weight is 247 g/mol. The Morgan fingerprint density at radius 1 is 1.12 bits per heavy atom. The molecule has 2 nitrogen and oxygen atoms in total. The van der Waals surface area contributed by atoms with Gasteiger partial charge in [0, 0.05) is 5.56 Å². The van der Waals surface area contributed by atoms with E-state index in [1.165, 1.54) is 5.56 Å². The summed E-state index contributed by atoms with van der Waals surface area (Å²) in [5.74, 6) is 0. The first kappa shape index (κ1) is 12.3. The first-order valence-electron chi connectivity index (χ1n) is 5.65. The molecule has 2 rings (SSSR count). The molecule has 1 heterocycles. The fourth-order valence-corrected chi connectivity index (χ4v) is 2.86. The quantitative estimate of drug-likeness (QED) is 0.878. The lowest BCUT2D eigenvalue weighted by Crippen LogP contribution is -2.14. The van der Waals surface area contributed by atoms with Gasteiger partial charge in [0.1, 0.15) is 5.01 Å². The second-order valence-electron chi connectivity index (χ2n) is 4.86. The summed E-state index contributed by atoms with van der Waals surface area (Å²) in [7, 11) is 0. The molecule has 1 aromatic carbocycles. The summed E-state index contributed by atoms with van der Waals surface area (Å²) < 4.78 is 0. The van der Waals surface area contributed by atoms with Crippen molar-refractivity contribution in [2.45, 2.75) is 33.3 Å². The summed E-state index contributed by atoms with van der Waals surface area (Å²) in [5, 5.41) is 11.0. The van der Waals surface area contributed by atoms with Crippen molar-refractivity contribution in [3.8, 4) is 10.6 Å². The van der Waals surface area contributed by atoms with Crippen LogP contribution in [0.25, 0.3) is 10.6 Å². The van der Waals surface area contributed by atoms with Crippen LogP contribution >= 0.6 is 11.3 Å². The highest BCUT2D eigenvalue weighted by Gasteiger charge is 2.23. The van der Waals surface area contributed by atoms with Gasteiger partial charge in [0.15, 0.2) is 0 Å². The number of nitrogens with zero attached hydrogens (tertiary/aromatic N) is 1. The minimum absolute atomic E-state index is 0.815. The standard InChI is InChI=1S/C14H17NOS/c1-9-5-7-11(8-6-9)13-15-10(2)12(17-13)14(3,4)16/h5-8,16H,1-4H3. The molecule has 0 saturated heterocycles. The van der Waals surface area contributed by atoms with Crippen molar-refractivity contribution in [3.05, 3.63) is 40.4 Å². The van der Waals surface area contributed by atoms with Crippen LogP contribution in [0.1, 0.15) is 30.0 Å². The number of thiazole rings is 1. The number of benzene rings is 1. The lowest BCUT2D eigenvalue weighted by molar-refractivity contribution is 0.0817. The van der Waals surface area contributed by atoms with Crippen molar-refractivity contribution in [1.29, 1.82) is 0 Å². The first-order chi connectivity index (χ1) is 7.88. The molecule has 0 spiro atoms. The van der Waals surface area contributed by atoms with E-state index in [2.05, 4.69) is 36.2 Å². The van der Waals surface area contributed by atoms with Gasteiger partial charge >= 0.3 is 0 Å². The van der Waals surface area contributed by atoms with Gasteiger partial charge in [-0.15, -0.1) is 11.3 Å². The molecule has 0 aliphatic heterocycles. The van der Waals surface area contributed by atoms with Crippen LogP contribution in [0.5, 0.6) is 0 Å². The van der Waals surface area contributed by atoms with Crippen molar-refractivity contribution in [2.24, 2.45) is 0 Å². The number of hydrogen-bond donors (Lipinski definition) is 1. The van der Waals surface area contributed by atoms with E-state index in [9.17, 15) is 5.11 Å². The summed E-state index contributed by atoms with van der Waals surface area (Å²) in [6, 6.07) is 8.30. The predicted molar refractivity (Wildman–Crippen MR) is 72.3 cm³/mol. The number of aryl methyl sites for hydroxylation is 2. The molecule has 0 aliphatic carbocycles. The Morgan fingerprint density at radius 3 is 2.18 bits per heavy atom. The molecule has 17 heavy (non-hydrogen) atoms. The molecule has 2 aromatic rings. The largest absolute Gasteiger partial charge is 0.385 e. The molecule has 0 unspecified atom stereocenters. The molecule has 1 aromatic heterocycles. The SMILES string of the molecule is Cc1ccc(-c2nc(C)c(C(C)(C)O)s2)cc1. The molecule has 0 aliphatic rings. The summed E-state index contributed by atoms with van der Waals surface area (Å²) in [6.45, 7) is 7.61. The normalized spacial score (nSPS) is 11.8. The predicted octanol–water partition coefficient (Wildman–Crippen LogP) is 3.65. The van der Waals surface area contributed by atoms with Gasteiger partial charge in [-0.25, -0.2) is 4.98 Å². The van der Waals surface area contributed by atoms with E-state index in [4.69, 9.17) is 0 Å². The first-order valence-corrected chi connectivity index (χ1v) is 6.47. The summed E-state index contributed by atoms with van der Waals surface area (Å²) in [4.78, 5) is 5.47. The van der Waals surface area contributed by atoms with Crippen LogP contribution in [0.15, 0.2) is 24.3 Å². The van der Waals surface area contributed by atoms with Gasteiger partial charge in [-0.3, -0.25) is 0 Å². The smallest absolute Gasteiger partial charge is 0.123 e. The van der Waals surface area contributed by atoms with Crippen LogP contribution in [0.2, 0.25) is 0 Å². The number of aromatic nitrogens is 1. The van der Waals surface area contributed by atoms with Gasteiger partial charge in [-0.1, -0.05) is 29.8 Å². The third-order valence-corrected chi connectivity index (χ3v) is 4.17. The Balaban J connectivity index is 2.45. The fraction of sp³-hybridized carbons (Fsp3) is 0.357. The molecule has 0 atom stereocenters. The lowest BCUT2D eigenvalue weighted by atomic mass is 10.1. The molecule has 90 valence electrons. The fourth-order valence-electron chi connectivity index (χ4n) is 1.78. The summed E-state index contributed by atoms with van der Waals surface area (Å²) in [6.07, 6.45) is 0. The molecular formula is C14H17NOS. The highest BCUT2D eigenvalue weighted by atomic mass is 32.1. The van der Waals surface area contributed by atoms with Gasteiger partial charge < -0.3 is 5.11 Å². The highest BCUT2D eigenvalue weighted by Crippen LogP contribution is 2.34. The molecular weight excluding hydrogens is 230 g/mol. The monoisotopic (exact) mass is 247 g/mol. The topological polar surface area (TPSA) is 33.1 Å². The lowest BCUT2D eigenvalue weighted by Gasteiger charge is -2.14. The van der Waals surface area contributed by atoms with Crippen LogP contribution in [0.3, 0.4) is 0 Å². The Morgan fingerprint density at radius 2 is 1.71 bits per heavy atom. The van der Waals surface area contributed by atoms with Gasteiger partial charge in [0.2, 0.25) is 0 Å². The number of hydrogen-bond acceptors (Lipinski definition) is 3. The van der Waals surface area contributed by atoms with E-state index in [1.807, 2.05) is 6.92 Å². The molecule has 0 fully saturated rings. The second kappa shape index (κ2) is 4.24. The Hall–Kier alpha value is -1.19. The minimum atomic E-state index is -0.815. The minimum Gasteiger partial charge on any atom is -0.385 e. The van der Waals surface area contributed by atoms with Gasteiger partial charge in [0.05, 0.1) is 16.2 Å². The highest BCUT2D eigenvalue weighted by molar-refractivity contribution is 7.15. The summed E-state index contributed by atoms with van der Waals surface area (Å²) in [5.41, 5.74) is 2.45. The molecule has 0 saturated carbocycles. The second-order valence-corrected chi connectivity index (χ2v) is 5.86. The van der Waals surface area contributed by atoms with E-state index < -0.39 is 5.60 Å². The molecule has 0 amide bonds. The van der Waals surface area contributed by atoms with Crippen molar-refractivity contribution in [1.82, 2.24) is 4.98 Å². The van der Waals surface area contributed by atoms with E-state index in [-0.39, 0.29) is 0 Å². The molecule has 0 radical (unpaired) electrons. The Labute approximate surface area is 106 Å². The van der Waals surface area contributed by atoms with Gasteiger partial charge in [-0.05, 0) is 27.7 Å². The van der Waals surface area contributed by atoms with Crippen molar-refractivity contribution in [2.75, 3.05) is 0 Å². The molecule has 3 heteroatoms. The van der Waals surface area contributed by atoms with Crippen molar-refractivity contribution in [3.63, 3.8) is 0 Å². The zero-order valence-corrected chi connectivity index (χ0v) is 11.4. The average Bonchev–Trinajstić information content (AvgIpc) is 2.61. The number of rotatable bonds is 2. The van der Waals surface area contributed by atoms with Crippen LogP contribution in [0, 0.1) is 13.8 Å².